The standard InChI is InChI=1S/C39H38F5N11O3/c1-20-46-30-11-22(41)9-26-29-5-4-6-34(48-29)47-23-12-32(38(56)51(2)15-24(57-3)18-53(20)35(26)30)54(14-23)36-27-13-45-55(31-8-7-21(40)10-28(31)42)37(27)50-39(49-36)58-25-16-52(17-25)19-33(43)44/h4-11,13,23-25,32-33H,12,14-19H2,1-3H3,(H,47,48)/t23-,24-,32-/m0/s1. The number of benzene rings is 2. The van der Waals surface area contributed by atoms with Crippen molar-refractivity contribution in [1.29, 1.82) is 0 Å². The lowest BCUT2D eigenvalue weighted by molar-refractivity contribution is -0.132. The van der Waals surface area contributed by atoms with Crippen LogP contribution in [0.15, 0.2) is 54.7 Å². The number of aryl methyl sites for hydroxylation is 1. The van der Waals surface area contributed by atoms with Crippen LogP contribution >= 0.6 is 0 Å². The number of likely N-dealkylation sites (N-methyl/N-ethyl adjacent to an activating group) is 1. The minimum Gasteiger partial charge on any atom is -0.457 e. The molecule has 6 aromatic rings. The average Bonchev–Trinajstić information content (AvgIpc) is 3.87. The van der Waals surface area contributed by atoms with Gasteiger partial charge >= 0.3 is 6.01 Å². The van der Waals surface area contributed by atoms with Crippen LogP contribution in [0.4, 0.5) is 33.6 Å². The molecule has 7 heterocycles. The minimum atomic E-state index is -2.51. The number of halogens is 5. The van der Waals surface area contributed by atoms with E-state index in [4.69, 9.17) is 19.4 Å². The van der Waals surface area contributed by atoms with E-state index in [9.17, 15) is 18.0 Å². The Hall–Kier alpha value is -5.95. The minimum absolute atomic E-state index is 0.0862. The molecule has 2 fully saturated rings. The molecule has 4 aromatic heterocycles. The Kier molecular flexibility index (Phi) is 9.58. The lowest BCUT2D eigenvalue weighted by Gasteiger charge is -2.38. The molecule has 1 amide bonds. The summed E-state index contributed by atoms with van der Waals surface area (Å²) in [6.45, 7) is 2.56. The topological polar surface area (TPSA) is 132 Å². The quantitative estimate of drug-likeness (QED) is 0.223. The van der Waals surface area contributed by atoms with Gasteiger partial charge in [0.15, 0.2) is 11.5 Å². The largest absolute Gasteiger partial charge is 0.457 e. The molecule has 0 spiro atoms. The van der Waals surface area contributed by atoms with Crippen LogP contribution in [0.3, 0.4) is 0 Å². The first kappa shape index (κ1) is 37.6. The van der Waals surface area contributed by atoms with Crippen molar-refractivity contribution in [2.75, 3.05) is 57.1 Å². The van der Waals surface area contributed by atoms with Crippen molar-refractivity contribution < 1.29 is 36.2 Å². The van der Waals surface area contributed by atoms with E-state index in [0.29, 0.717) is 52.3 Å². The van der Waals surface area contributed by atoms with Crippen molar-refractivity contribution in [3.05, 3.63) is 78.0 Å². The highest BCUT2D eigenvalue weighted by molar-refractivity contribution is 5.94. The molecule has 19 heteroatoms. The first-order valence-corrected chi connectivity index (χ1v) is 18.8. The molecule has 2 aromatic carbocycles. The predicted molar refractivity (Wildman–Crippen MR) is 203 cm³/mol. The van der Waals surface area contributed by atoms with Gasteiger partial charge in [-0.1, -0.05) is 6.07 Å². The van der Waals surface area contributed by atoms with E-state index in [1.807, 2.05) is 22.5 Å². The van der Waals surface area contributed by atoms with E-state index < -0.39 is 48.7 Å². The number of nitrogens with zero attached hydrogens (tertiary/aromatic N) is 10. The highest BCUT2D eigenvalue weighted by Crippen LogP contribution is 2.36. The molecule has 2 saturated heterocycles. The molecule has 4 bridgehead atoms. The molecule has 1 N–H and O–H groups in total. The molecule has 0 unspecified atom stereocenters. The maximum atomic E-state index is 15.2. The Morgan fingerprint density at radius 2 is 1.76 bits per heavy atom. The molecular weight excluding hydrogens is 765 g/mol. The molecular formula is C39H38F5N11O3. The van der Waals surface area contributed by atoms with Crippen LogP contribution in [-0.4, -0.2) is 128 Å². The van der Waals surface area contributed by atoms with E-state index in [0.717, 1.165) is 12.1 Å². The second-order valence-electron chi connectivity index (χ2n) is 14.9. The van der Waals surface area contributed by atoms with E-state index in [2.05, 4.69) is 20.4 Å². The zero-order valence-electron chi connectivity index (χ0n) is 31.6. The second kappa shape index (κ2) is 14.8. The third-order valence-corrected chi connectivity index (χ3v) is 10.9. The Morgan fingerprint density at radius 3 is 2.53 bits per heavy atom. The molecule has 3 aliphatic heterocycles. The summed E-state index contributed by atoms with van der Waals surface area (Å²) < 4.78 is 85.6. The van der Waals surface area contributed by atoms with Crippen molar-refractivity contribution in [3.63, 3.8) is 0 Å². The number of hydrogen-bond acceptors (Lipinski definition) is 11. The number of rotatable bonds is 7. The molecule has 58 heavy (non-hydrogen) atoms. The third kappa shape index (κ3) is 6.91. The number of likely N-dealkylation sites (tertiary alicyclic amines) is 1. The van der Waals surface area contributed by atoms with Gasteiger partial charge in [0.25, 0.3) is 6.43 Å². The fraction of sp³-hybridized carbons (Fsp3) is 0.385. The molecule has 0 saturated carbocycles. The number of amides is 1. The third-order valence-electron chi connectivity index (χ3n) is 10.9. The smallest absolute Gasteiger partial charge is 0.320 e. The number of pyridine rings is 1. The van der Waals surface area contributed by atoms with Gasteiger partial charge in [-0.05, 0) is 43.7 Å². The van der Waals surface area contributed by atoms with E-state index in [1.54, 1.807) is 31.2 Å². The normalized spacial score (nSPS) is 20.4. The average molecular weight is 804 g/mol. The number of imidazole rings is 1. The van der Waals surface area contributed by atoms with Crippen LogP contribution in [0.2, 0.25) is 0 Å². The summed E-state index contributed by atoms with van der Waals surface area (Å²) in [4.78, 5) is 38.5. The highest BCUT2D eigenvalue weighted by atomic mass is 19.3. The van der Waals surface area contributed by atoms with Crippen molar-refractivity contribution in [3.8, 4) is 23.0 Å². The van der Waals surface area contributed by atoms with E-state index >= 15 is 8.78 Å². The lowest BCUT2D eigenvalue weighted by atomic mass is 10.1. The lowest BCUT2D eigenvalue weighted by Crippen LogP contribution is -2.55. The Balaban J connectivity index is 1.14. The molecule has 0 aliphatic carbocycles. The summed E-state index contributed by atoms with van der Waals surface area (Å²) in [6, 6.07) is 9.99. The van der Waals surface area contributed by atoms with Crippen molar-refractivity contribution >= 4 is 39.6 Å². The van der Waals surface area contributed by atoms with Crippen LogP contribution in [0, 0.1) is 24.4 Å². The van der Waals surface area contributed by atoms with Gasteiger partial charge in [0.05, 0.1) is 47.5 Å². The van der Waals surface area contributed by atoms with Gasteiger partial charge in [0.1, 0.15) is 46.9 Å². The number of fused-ring (bicyclic) bond motifs is 6. The second-order valence-corrected chi connectivity index (χ2v) is 14.9. The first-order valence-electron chi connectivity index (χ1n) is 18.8. The Labute approximate surface area is 328 Å². The number of ether oxygens (including phenoxy) is 2. The van der Waals surface area contributed by atoms with Crippen LogP contribution in [-0.2, 0) is 16.1 Å². The summed E-state index contributed by atoms with van der Waals surface area (Å²) in [5.74, 6) is -0.974. The Morgan fingerprint density at radius 1 is 0.931 bits per heavy atom. The summed E-state index contributed by atoms with van der Waals surface area (Å²) in [5.41, 5.74) is 2.26. The monoisotopic (exact) mass is 803 g/mol. The van der Waals surface area contributed by atoms with Crippen LogP contribution in [0.25, 0.3) is 39.0 Å². The number of alkyl halides is 2. The molecule has 302 valence electrons. The maximum absolute atomic E-state index is 15.2. The molecule has 0 radical (unpaired) electrons. The van der Waals surface area contributed by atoms with Crippen LogP contribution < -0.4 is 15.0 Å². The van der Waals surface area contributed by atoms with E-state index in [1.165, 1.54) is 34.0 Å². The number of carbonyl (C=O) groups excluding carboxylic acids is 1. The number of nitrogens with one attached hydrogen (secondary N) is 1. The summed E-state index contributed by atoms with van der Waals surface area (Å²) in [5, 5.41) is 8.25. The summed E-state index contributed by atoms with van der Waals surface area (Å²) >= 11 is 0. The SMILES string of the molecule is CO[C@H]1CN(C)C(=O)[C@@H]2C[C@@H](CN2c2nc(OC3CN(CC(F)F)C3)nc3c2cnn3-c2ccc(F)cc2F)Nc2cccc(n2)-c2cc(F)cc3nc(C)n(c23)C1. The van der Waals surface area contributed by atoms with Crippen molar-refractivity contribution in [2.45, 2.75) is 50.6 Å². The van der Waals surface area contributed by atoms with Crippen LogP contribution in [0.5, 0.6) is 6.01 Å². The first-order chi connectivity index (χ1) is 27.9. The van der Waals surface area contributed by atoms with Crippen LogP contribution in [0.1, 0.15) is 12.2 Å². The van der Waals surface area contributed by atoms with Gasteiger partial charge in [-0.15, -0.1) is 0 Å². The zero-order valence-corrected chi connectivity index (χ0v) is 31.6. The van der Waals surface area contributed by atoms with E-state index in [-0.39, 0.29) is 61.3 Å². The number of carbonyl (C=O) groups is 1. The molecule has 3 aliphatic rings. The van der Waals surface area contributed by atoms with Gasteiger partial charge in [0, 0.05) is 64.1 Å². The molecule has 3 atom stereocenters. The van der Waals surface area contributed by atoms with Gasteiger partial charge in [0.2, 0.25) is 5.91 Å². The number of hydrogen-bond donors (Lipinski definition) is 1. The predicted octanol–water partition coefficient (Wildman–Crippen LogP) is 4.83. The zero-order chi connectivity index (χ0) is 40.4. The number of anilines is 2. The van der Waals surface area contributed by atoms with Crippen molar-refractivity contribution in [1.82, 2.24) is 44.1 Å². The van der Waals surface area contributed by atoms with Gasteiger partial charge < -0.3 is 29.2 Å². The Bertz CT molecular complexity index is 2540. The van der Waals surface area contributed by atoms with Gasteiger partial charge in [-0.25, -0.2) is 36.6 Å². The molecule has 14 nitrogen and oxygen atoms in total. The number of aromatic nitrogens is 7. The summed E-state index contributed by atoms with van der Waals surface area (Å²) in [6.07, 6.45) is -1.78. The summed E-state index contributed by atoms with van der Waals surface area (Å²) in [7, 11) is 3.26. The highest BCUT2D eigenvalue weighted by Gasteiger charge is 2.42. The number of methoxy groups -OCH3 is 1. The van der Waals surface area contributed by atoms with Gasteiger partial charge in [-0.3, -0.25) is 9.69 Å². The fourth-order valence-electron chi connectivity index (χ4n) is 8.18. The maximum Gasteiger partial charge on any atom is 0.320 e. The molecule has 9 rings (SSSR count). The van der Waals surface area contributed by atoms with Crippen molar-refractivity contribution in [2.24, 2.45) is 0 Å². The fourth-order valence-corrected chi connectivity index (χ4v) is 8.18. The van der Waals surface area contributed by atoms with Gasteiger partial charge in [-0.2, -0.15) is 15.1 Å².